The Morgan fingerprint density at radius 1 is 0.885 bits per heavy atom. The van der Waals surface area contributed by atoms with E-state index in [-0.39, 0.29) is 0 Å². The normalized spacial score (nSPS) is 46.8. The minimum Gasteiger partial charge on any atom is -0.463 e. The van der Waals surface area contributed by atoms with Crippen LogP contribution in [0.2, 0.25) is 0 Å². The highest BCUT2D eigenvalue weighted by Crippen LogP contribution is 2.28. The average Bonchev–Trinajstić information content (AvgIpc) is 2.60. The summed E-state index contributed by atoms with van der Waals surface area (Å²) in [5.74, 6) is -0.663. The smallest absolute Gasteiger partial charge is 0.302 e. The average molecular weight is 384 g/mol. The number of esters is 1. The Balaban J connectivity index is 2.07. The topological polar surface area (TPSA) is 196 Å². The maximum atomic E-state index is 10.9. The van der Waals surface area contributed by atoms with Gasteiger partial charge in [0.15, 0.2) is 12.6 Å². The molecular weight excluding hydrogens is 360 g/mol. The fourth-order valence-corrected chi connectivity index (χ4v) is 2.74. The van der Waals surface area contributed by atoms with Gasteiger partial charge in [-0.05, 0) is 0 Å². The molecule has 12 heteroatoms. The van der Waals surface area contributed by atoms with Crippen molar-refractivity contribution in [2.75, 3.05) is 13.2 Å². The Bertz CT molecular complexity index is 475. The van der Waals surface area contributed by atoms with Crippen molar-refractivity contribution < 1.29 is 59.5 Å². The first-order chi connectivity index (χ1) is 12.2. The molecule has 12 nitrogen and oxygen atoms in total. The minimum atomic E-state index is -1.78. The number of aliphatic hydroxyl groups is 7. The second-order valence-corrected chi connectivity index (χ2v) is 6.15. The number of carbonyl (C=O) groups is 1. The third kappa shape index (κ3) is 4.48. The monoisotopic (exact) mass is 384 g/mol. The molecule has 0 spiro atoms. The molecule has 2 aliphatic heterocycles. The molecule has 2 rings (SSSR count). The Kier molecular flexibility index (Phi) is 7.27. The Labute approximate surface area is 148 Å². The summed E-state index contributed by atoms with van der Waals surface area (Å²) in [7, 11) is 0. The molecule has 5 unspecified atom stereocenters. The lowest BCUT2D eigenvalue weighted by molar-refractivity contribution is -0.361. The van der Waals surface area contributed by atoms with Gasteiger partial charge in [-0.15, -0.1) is 0 Å². The Morgan fingerprint density at radius 3 is 2.08 bits per heavy atom. The Hall–Kier alpha value is -0.930. The number of ether oxygens (including phenoxy) is 4. The molecule has 0 aromatic carbocycles. The maximum absolute atomic E-state index is 10.9. The van der Waals surface area contributed by atoms with Gasteiger partial charge in [-0.25, -0.2) is 0 Å². The van der Waals surface area contributed by atoms with Gasteiger partial charge in [0.05, 0.1) is 6.61 Å². The number of hydrogen-bond donors (Lipinski definition) is 7. The zero-order valence-corrected chi connectivity index (χ0v) is 13.9. The number of rotatable bonds is 5. The summed E-state index contributed by atoms with van der Waals surface area (Å²) in [5, 5.41) is 68.6. The van der Waals surface area contributed by atoms with Crippen LogP contribution in [0.25, 0.3) is 0 Å². The highest BCUT2D eigenvalue weighted by molar-refractivity contribution is 5.65. The van der Waals surface area contributed by atoms with Crippen LogP contribution >= 0.6 is 0 Å². The van der Waals surface area contributed by atoms with Crippen LogP contribution < -0.4 is 0 Å². The summed E-state index contributed by atoms with van der Waals surface area (Å²) >= 11 is 0. The van der Waals surface area contributed by atoms with Gasteiger partial charge in [-0.2, -0.15) is 0 Å². The fraction of sp³-hybridized carbons (Fsp3) is 0.929. The van der Waals surface area contributed by atoms with Gasteiger partial charge < -0.3 is 54.7 Å². The third-order valence-corrected chi connectivity index (χ3v) is 4.25. The summed E-state index contributed by atoms with van der Waals surface area (Å²) in [6.45, 7) is 0.0149. The molecule has 2 fully saturated rings. The molecular formula is C14H24O12. The van der Waals surface area contributed by atoms with E-state index in [9.17, 15) is 35.4 Å². The molecule has 2 aliphatic rings. The fourth-order valence-electron chi connectivity index (χ4n) is 2.74. The van der Waals surface area contributed by atoms with E-state index in [2.05, 4.69) is 0 Å². The molecule has 2 saturated heterocycles. The first-order valence-electron chi connectivity index (χ1n) is 7.96. The van der Waals surface area contributed by atoms with Crippen LogP contribution in [-0.4, -0.2) is 116 Å². The lowest BCUT2D eigenvalue weighted by Crippen LogP contribution is -2.64. The summed E-state index contributed by atoms with van der Waals surface area (Å²) in [6.07, 6.45) is -15.9. The first-order valence-corrected chi connectivity index (χ1v) is 7.96. The number of aliphatic hydroxyl groups excluding tert-OH is 7. The molecule has 0 saturated carbocycles. The summed E-state index contributed by atoms with van der Waals surface area (Å²) in [6, 6.07) is 0. The van der Waals surface area contributed by atoms with E-state index in [1.54, 1.807) is 0 Å². The van der Waals surface area contributed by atoms with E-state index in [4.69, 9.17) is 24.1 Å². The standard InChI is InChI=1S/C14H24O12/c1-4(16)23-3-6-8(18)9(19)11(21)14(25-6)26-12-10(20)7(17)5(2-15)24-13(12)22/h5-15,17-22H,2-3H2,1H3/t5?,6?,7-,8-,9?,10?,11+,12+,13?,14+/m1/s1. The zero-order valence-electron chi connectivity index (χ0n) is 13.9. The number of carbonyl (C=O) groups excluding carboxylic acids is 1. The molecule has 0 bridgehead atoms. The predicted molar refractivity (Wildman–Crippen MR) is 78.2 cm³/mol. The van der Waals surface area contributed by atoms with Gasteiger partial charge >= 0.3 is 5.97 Å². The minimum absolute atomic E-state index is 0.443. The van der Waals surface area contributed by atoms with Crippen LogP contribution in [0.15, 0.2) is 0 Å². The summed E-state index contributed by atoms with van der Waals surface area (Å²) < 4.78 is 20.1. The van der Waals surface area contributed by atoms with Crippen molar-refractivity contribution in [3.63, 3.8) is 0 Å². The van der Waals surface area contributed by atoms with Gasteiger partial charge in [-0.1, -0.05) is 0 Å². The van der Waals surface area contributed by atoms with Crippen molar-refractivity contribution >= 4 is 5.97 Å². The molecule has 7 N–H and O–H groups in total. The van der Waals surface area contributed by atoms with E-state index in [0.29, 0.717) is 0 Å². The van der Waals surface area contributed by atoms with Gasteiger partial charge in [0.1, 0.15) is 55.4 Å². The molecule has 0 amide bonds. The second-order valence-electron chi connectivity index (χ2n) is 6.15. The molecule has 2 heterocycles. The molecule has 0 aromatic rings. The summed E-state index contributed by atoms with van der Waals surface area (Å²) in [5.41, 5.74) is 0. The predicted octanol–water partition coefficient (Wildman–Crippen LogP) is -4.83. The molecule has 0 radical (unpaired) electrons. The third-order valence-electron chi connectivity index (χ3n) is 4.25. The van der Waals surface area contributed by atoms with Gasteiger partial charge in [-0.3, -0.25) is 4.79 Å². The van der Waals surface area contributed by atoms with E-state index in [1.165, 1.54) is 0 Å². The van der Waals surface area contributed by atoms with Crippen LogP contribution in [0.4, 0.5) is 0 Å². The van der Waals surface area contributed by atoms with Crippen molar-refractivity contribution in [2.45, 2.75) is 68.3 Å². The van der Waals surface area contributed by atoms with Crippen molar-refractivity contribution in [3.05, 3.63) is 0 Å². The van der Waals surface area contributed by atoms with E-state index >= 15 is 0 Å². The first kappa shape index (κ1) is 21.4. The molecule has 10 atom stereocenters. The van der Waals surface area contributed by atoms with Crippen molar-refractivity contribution in [1.29, 1.82) is 0 Å². The highest BCUT2D eigenvalue weighted by Gasteiger charge is 2.50. The van der Waals surface area contributed by atoms with Crippen LogP contribution in [0.1, 0.15) is 6.92 Å². The van der Waals surface area contributed by atoms with E-state index in [1.807, 2.05) is 0 Å². The maximum Gasteiger partial charge on any atom is 0.302 e. The molecule has 26 heavy (non-hydrogen) atoms. The van der Waals surface area contributed by atoms with Crippen molar-refractivity contribution in [1.82, 2.24) is 0 Å². The molecule has 0 aromatic heterocycles. The largest absolute Gasteiger partial charge is 0.463 e. The molecule has 152 valence electrons. The van der Waals surface area contributed by atoms with Crippen molar-refractivity contribution in [2.24, 2.45) is 0 Å². The van der Waals surface area contributed by atoms with E-state index in [0.717, 1.165) is 6.92 Å². The number of hydrogen-bond acceptors (Lipinski definition) is 12. The van der Waals surface area contributed by atoms with E-state index < -0.39 is 80.6 Å². The van der Waals surface area contributed by atoms with Gasteiger partial charge in [0.2, 0.25) is 0 Å². The van der Waals surface area contributed by atoms with Gasteiger partial charge in [0.25, 0.3) is 0 Å². The van der Waals surface area contributed by atoms with Gasteiger partial charge in [0, 0.05) is 6.92 Å². The van der Waals surface area contributed by atoms with Crippen LogP contribution in [-0.2, 0) is 23.7 Å². The lowest BCUT2D eigenvalue weighted by Gasteiger charge is -2.45. The van der Waals surface area contributed by atoms with Crippen LogP contribution in [0, 0.1) is 0 Å². The van der Waals surface area contributed by atoms with Crippen LogP contribution in [0.5, 0.6) is 0 Å². The molecule has 0 aliphatic carbocycles. The SMILES string of the molecule is CC(=O)OCC1O[C@@H](O[C@@H]2C(O)OC(CO)[C@@H](O)C2O)[C@@H](O)C(O)[C@@H]1O. The van der Waals surface area contributed by atoms with Crippen LogP contribution in [0.3, 0.4) is 0 Å². The quantitative estimate of drug-likeness (QED) is 0.224. The Morgan fingerprint density at radius 2 is 1.50 bits per heavy atom. The second kappa shape index (κ2) is 8.84. The van der Waals surface area contributed by atoms with Crippen molar-refractivity contribution in [3.8, 4) is 0 Å². The highest BCUT2D eigenvalue weighted by atomic mass is 16.7. The lowest BCUT2D eigenvalue weighted by atomic mass is 9.97. The summed E-state index contributed by atoms with van der Waals surface area (Å²) in [4.78, 5) is 10.9. The zero-order chi connectivity index (χ0) is 19.6.